The number of nitrogens with one attached hydrogen (secondary N) is 2. The number of methoxy groups -OCH3 is 2. The third kappa shape index (κ3) is 5.35. The second kappa shape index (κ2) is 9.07. The van der Waals surface area contributed by atoms with E-state index in [4.69, 9.17) is 9.47 Å². The minimum absolute atomic E-state index is 0.176. The van der Waals surface area contributed by atoms with E-state index >= 15 is 0 Å². The van der Waals surface area contributed by atoms with Gasteiger partial charge in [0.15, 0.2) is 0 Å². The van der Waals surface area contributed by atoms with Crippen LogP contribution >= 0.6 is 0 Å². The lowest BCUT2D eigenvalue weighted by Crippen LogP contribution is -2.34. The maximum absolute atomic E-state index is 11.8. The number of nitrogens with zero attached hydrogens (tertiary/aromatic N) is 1. The fourth-order valence-electron chi connectivity index (χ4n) is 1.99. The van der Waals surface area contributed by atoms with Crippen molar-refractivity contribution in [1.29, 1.82) is 0 Å². The SMILES string of the molecule is COc1ccc(/C=N\NC(=O)CNC(=O)c2ccccc2)c(OC)c1. The molecule has 0 saturated heterocycles. The van der Waals surface area contributed by atoms with E-state index in [0.29, 0.717) is 22.6 Å². The van der Waals surface area contributed by atoms with Crippen LogP contribution < -0.4 is 20.2 Å². The van der Waals surface area contributed by atoms with Gasteiger partial charge in [0.1, 0.15) is 11.5 Å². The van der Waals surface area contributed by atoms with E-state index < -0.39 is 5.91 Å². The van der Waals surface area contributed by atoms with Gasteiger partial charge in [0.05, 0.1) is 27.0 Å². The molecule has 2 aromatic carbocycles. The zero-order valence-electron chi connectivity index (χ0n) is 14.0. The Morgan fingerprint density at radius 1 is 1.08 bits per heavy atom. The Bertz CT molecular complexity index is 760. The summed E-state index contributed by atoms with van der Waals surface area (Å²) in [4.78, 5) is 23.6. The standard InChI is InChI=1S/C18H19N3O4/c1-24-15-9-8-14(16(10-15)25-2)11-20-21-17(22)12-19-18(23)13-6-4-3-5-7-13/h3-11H,12H2,1-2H3,(H,19,23)(H,21,22)/b20-11-. The molecule has 25 heavy (non-hydrogen) atoms. The molecular formula is C18H19N3O4. The van der Waals surface area contributed by atoms with Gasteiger partial charge < -0.3 is 14.8 Å². The topological polar surface area (TPSA) is 89.0 Å². The molecule has 0 fully saturated rings. The summed E-state index contributed by atoms with van der Waals surface area (Å²) in [6.45, 7) is -0.176. The first-order valence-electron chi connectivity index (χ1n) is 7.51. The van der Waals surface area contributed by atoms with E-state index in [9.17, 15) is 9.59 Å². The Labute approximate surface area is 145 Å². The van der Waals surface area contributed by atoms with Crippen LogP contribution in [0.15, 0.2) is 53.6 Å². The van der Waals surface area contributed by atoms with E-state index in [0.717, 1.165) is 0 Å². The van der Waals surface area contributed by atoms with E-state index in [2.05, 4.69) is 15.8 Å². The van der Waals surface area contributed by atoms with Crippen molar-refractivity contribution in [3.8, 4) is 11.5 Å². The molecule has 0 atom stereocenters. The second-order valence-electron chi connectivity index (χ2n) is 4.95. The zero-order chi connectivity index (χ0) is 18.1. The van der Waals surface area contributed by atoms with Gasteiger partial charge in [0.25, 0.3) is 11.8 Å². The van der Waals surface area contributed by atoms with Crippen molar-refractivity contribution in [1.82, 2.24) is 10.7 Å². The third-order valence-electron chi connectivity index (χ3n) is 3.28. The van der Waals surface area contributed by atoms with Crippen LogP contribution in [0.1, 0.15) is 15.9 Å². The van der Waals surface area contributed by atoms with Crippen molar-refractivity contribution in [2.45, 2.75) is 0 Å². The summed E-state index contributed by atoms with van der Waals surface area (Å²) in [6, 6.07) is 13.9. The Morgan fingerprint density at radius 2 is 1.84 bits per heavy atom. The predicted octanol–water partition coefficient (Wildman–Crippen LogP) is 1.58. The minimum Gasteiger partial charge on any atom is -0.497 e. The van der Waals surface area contributed by atoms with Gasteiger partial charge in [-0.3, -0.25) is 9.59 Å². The fourth-order valence-corrected chi connectivity index (χ4v) is 1.99. The maximum Gasteiger partial charge on any atom is 0.259 e. The van der Waals surface area contributed by atoms with Gasteiger partial charge in [0, 0.05) is 17.2 Å². The summed E-state index contributed by atoms with van der Waals surface area (Å²) in [7, 11) is 3.09. The van der Waals surface area contributed by atoms with Crippen LogP contribution in [-0.2, 0) is 4.79 Å². The maximum atomic E-state index is 11.8. The van der Waals surface area contributed by atoms with Crippen molar-refractivity contribution in [2.75, 3.05) is 20.8 Å². The first-order chi connectivity index (χ1) is 12.1. The summed E-state index contributed by atoms with van der Waals surface area (Å²) < 4.78 is 10.3. The van der Waals surface area contributed by atoms with Gasteiger partial charge in [-0.1, -0.05) is 18.2 Å². The molecule has 0 heterocycles. The van der Waals surface area contributed by atoms with Crippen LogP contribution in [0.3, 0.4) is 0 Å². The van der Waals surface area contributed by atoms with Crippen LogP contribution in [0, 0.1) is 0 Å². The van der Waals surface area contributed by atoms with Crippen molar-refractivity contribution >= 4 is 18.0 Å². The van der Waals surface area contributed by atoms with Gasteiger partial charge in [-0.15, -0.1) is 0 Å². The molecule has 0 unspecified atom stereocenters. The highest BCUT2D eigenvalue weighted by Gasteiger charge is 2.07. The lowest BCUT2D eigenvalue weighted by Gasteiger charge is -2.07. The number of ether oxygens (including phenoxy) is 2. The van der Waals surface area contributed by atoms with E-state index in [-0.39, 0.29) is 12.5 Å². The fraction of sp³-hybridized carbons (Fsp3) is 0.167. The molecule has 2 amide bonds. The number of benzene rings is 2. The summed E-state index contributed by atoms with van der Waals surface area (Å²) in [6.07, 6.45) is 1.45. The van der Waals surface area contributed by atoms with Crippen molar-refractivity contribution in [3.05, 3.63) is 59.7 Å². The third-order valence-corrected chi connectivity index (χ3v) is 3.28. The average molecular weight is 341 g/mol. The van der Waals surface area contributed by atoms with Crippen LogP contribution in [0.25, 0.3) is 0 Å². The van der Waals surface area contributed by atoms with Crippen molar-refractivity contribution in [3.63, 3.8) is 0 Å². The lowest BCUT2D eigenvalue weighted by atomic mass is 10.2. The number of hydrogen-bond acceptors (Lipinski definition) is 5. The molecule has 2 rings (SSSR count). The van der Waals surface area contributed by atoms with Gasteiger partial charge >= 0.3 is 0 Å². The van der Waals surface area contributed by atoms with Crippen LogP contribution in [0.2, 0.25) is 0 Å². The van der Waals surface area contributed by atoms with Gasteiger partial charge in [-0.2, -0.15) is 5.10 Å². The molecule has 130 valence electrons. The Balaban J connectivity index is 1.85. The molecule has 7 nitrogen and oxygen atoms in total. The molecule has 2 N–H and O–H groups in total. The zero-order valence-corrected chi connectivity index (χ0v) is 14.0. The number of carbonyl (C=O) groups is 2. The molecule has 0 aromatic heterocycles. The molecule has 2 aromatic rings. The van der Waals surface area contributed by atoms with E-state index in [1.165, 1.54) is 13.3 Å². The smallest absolute Gasteiger partial charge is 0.259 e. The average Bonchev–Trinajstić information content (AvgIpc) is 2.66. The summed E-state index contributed by atoms with van der Waals surface area (Å²) in [5.41, 5.74) is 3.51. The molecular weight excluding hydrogens is 322 g/mol. The second-order valence-corrected chi connectivity index (χ2v) is 4.95. The lowest BCUT2D eigenvalue weighted by molar-refractivity contribution is -0.120. The number of hydrogen-bond donors (Lipinski definition) is 2. The summed E-state index contributed by atoms with van der Waals surface area (Å²) in [5.74, 6) is 0.459. The Kier molecular flexibility index (Phi) is 6.53. The number of amides is 2. The van der Waals surface area contributed by atoms with Crippen molar-refractivity contribution < 1.29 is 19.1 Å². The molecule has 0 aliphatic rings. The van der Waals surface area contributed by atoms with Gasteiger partial charge in [-0.25, -0.2) is 5.43 Å². The monoisotopic (exact) mass is 341 g/mol. The molecule has 0 radical (unpaired) electrons. The molecule has 0 aliphatic carbocycles. The van der Waals surface area contributed by atoms with Crippen LogP contribution in [0.5, 0.6) is 11.5 Å². The highest BCUT2D eigenvalue weighted by atomic mass is 16.5. The normalized spacial score (nSPS) is 10.3. The molecule has 0 aliphatic heterocycles. The number of carbonyl (C=O) groups excluding carboxylic acids is 2. The Hall–Kier alpha value is -3.35. The van der Waals surface area contributed by atoms with Gasteiger partial charge in [0.2, 0.25) is 0 Å². The predicted molar refractivity (Wildman–Crippen MR) is 94.1 cm³/mol. The van der Waals surface area contributed by atoms with Crippen molar-refractivity contribution in [2.24, 2.45) is 5.10 Å². The number of rotatable bonds is 7. The highest BCUT2D eigenvalue weighted by Crippen LogP contribution is 2.22. The van der Waals surface area contributed by atoms with Crippen LogP contribution in [-0.4, -0.2) is 38.8 Å². The minimum atomic E-state index is -0.437. The Morgan fingerprint density at radius 3 is 2.52 bits per heavy atom. The number of hydrazone groups is 1. The first kappa shape index (κ1) is 18.0. The van der Waals surface area contributed by atoms with E-state index in [1.807, 2.05) is 6.07 Å². The largest absolute Gasteiger partial charge is 0.497 e. The quantitative estimate of drug-likeness (QED) is 0.591. The van der Waals surface area contributed by atoms with Crippen LogP contribution in [0.4, 0.5) is 0 Å². The van der Waals surface area contributed by atoms with Gasteiger partial charge in [-0.05, 0) is 24.3 Å². The first-order valence-corrected chi connectivity index (χ1v) is 7.51. The van der Waals surface area contributed by atoms with E-state index in [1.54, 1.807) is 49.6 Å². The summed E-state index contributed by atoms with van der Waals surface area (Å²) in [5, 5.41) is 6.38. The molecule has 0 bridgehead atoms. The molecule has 0 spiro atoms. The summed E-state index contributed by atoms with van der Waals surface area (Å²) >= 11 is 0. The molecule has 7 heteroatoms. The highest BCUT2D eigenvalue weighted by molar-refractivity contribution is 5.96. The molecule has 0 saturated carbocycles.